The summed E-state index contributed by atoms with van der Waals surface area (Å²) in [7, 11) is 1.73. The molecule has 0 radical (unpaired) electrons. The number of hydrogen-bond donors (Lipinski definition) is 10. The number of anilines is 2. The van der Waals surface area contributed by atoms with Gasteiger partial charge in [0.1, 0.15) is 54.7 Å². The number of benzene rings is 1. The average Bonchev–Trinajstić information content (AvgIpc) is 4.29. The normalized spacial score (nSPS) is 20.7. The fourth-order valence-electron chi connectivity index (χ4n) is 9.42. The number of aromatic nitrogens is 4. The number of imidazole rings is 1. The number of unbranched alkanes of at least 4 members (excludes halogenated alkanes) is 3. The van der Waals surface area contributed by atoms with Crippen LogP contribution in [0, 0.1) is 11.8 Å². The van der Waals surface area contributed by atoms with Crippen LogP contribution in [0.5, 0.6) is 0 Å². The van der Waals surface area contributed by atoms with Crippen molar-refractivity contribution in [2.45, 2.75) is 165 Å². The molecule has 0 saturated carbocycles. The summed E-state index contributed by atoms with van der Waals surface area (Å²) in [5.74, 6) is -2.70. The van der Waals surface area contributed by atoms with E-state index in [1.54, 1.807) is 50.1 Å². The monoisotopic (exact) mass is 1240 g/mol. The van der Waals surface area contributed by atoms with Crippen LogP contribution in [0.25, 0.3) is 16.7 Å². The molecule has 4 heterocycles. The Morgan fingerprint density at radius 3 is 2.40 bits per heavy atom. The van der Waals surface area contributed by atoms with Crippen molar-refractivity contribution in [1.29, 1.82) is 0 Å². The predicted octanol–water partition coefficient (Wildman–Crippen LogP) is 4.21. The summed E-state index contributed by atoms with van der Waals surface area (Å²) in [5, 5.41) is 48.9. The molecule has 446 valence electrons. The molecular weight excluding hydrogens is 1160 g/mol. The van der Waals surface area contributed by atoms with Crippen LogP contribution in [0.15, 0.2) is 49.3 Å². The molecule has 0 aliphatic carbocycles. The van der Waals surface area contributed by atoms with Gasteiger partial charge in [0.2, 0.25) is 35.4 Å². The minimum atomic E-state index is -1.53. The van der Waals surface area contributed by atoms with E-state index in [1.807, 2.05) is 26.0 Å². The number of H-pyrrole nitrogens is 1. The number of ether oxygens (including phenoxy) is 2. The molecule has 2 aliphatic heterocycles. The van der Waals surface area contributed by atoms with E-state index in [0.29, 0.717) is 67.0 Å². The Kier molecular flexibility index (Phi) is 25.9. The molecule has 2 saturated heterocycles. The number of nitrogens with one attached hydrogen (secondary N) is 7. The number of halogens is 1. The van der Waals surface area contributed by atoms with E-state index in [0.717, 1.165) is 42.6 Å². The van der Waals surface area contributed by atoms with Crippen molar-refractivity contribution in [3.05, 3.63) is 60.7 Å². The summed E-state index contributed by atoms with van der Waals surface area (Å²) in [6.07, 6.45) is 6.59. The molecule has 25 heteroatoms. The number of allylic oxidation sites excluding steroid dienone is 3. The lowest BCUT2D eigenvalue weighted by atomic mass is 9.85. The lowest BCUT2D eigenvalue weighted by Gasteiger charge is -2.42. The second-order valence-corrected chi connectivity index (χ2v) is 23.2. The minimum Gasteiger partial charge on any atom is -0.445 e. The number of aliphatic hydroxyl groups excluding tert-OH is 3. The quantitative estimate of drug-likeness (QED) is 0.0138. The van der Waals surface area contributed by atoms with Gasteiger partial charge in [0.15, 0.2) is 17.7 Å². The Morgan fingerprint density at radius 1 is 0.975 bits per heavy atom. The number of carbonyl (C=O) groups is 7. The summed E-state index contributed by atoms with van der Waals surface area (Å²) in [6.45, 7) is 15.3. The van der Waals surface area contributed by atoms with Crippen molar-refractivity contribution in [3.63, 3.8) is 0 Å². The predicted molar refractivity (Wildman–Crippen MR) is 313 cm³/mol. The third-order valence-electron chi connectivity index (χ3n) is 14.4. The number of alkyl carbamates (subject to hydrolysis) is 1. The molecule has 2 aliphatic rings. The largest absolute Gasteiger partial charge is 0.445 e. The van der Waals surface area contributed by atoms with E-state index >= 15 is 0 Å². The molecule has 81 heavy (non-hydrogen) atoms. The van der Waals surface area contributed by atoms with Crippen LogP contribution in [-0.2, 0) is 44.8 Å². The van der Waals surface area contributed by atoms with Crippen LogP contribution in [0.3, 0.4) is 0 Å². The number of likely N-dealkylation sites (N-methyl/N-ethyl adjacent to an activating group) is 1. The van der Waals surface area contributed by atoms with Crippen molar-refractivity contribution in [1.82, 2.24) is 51.0 Å². The molecule has 10 N–H and O–H groups in total. The molecule has 5 rings (SSSR count). The van der Waals surface area contributed by atoms with Crippen molar-refractivity contribution in [2.24, 2.45) is 11.8 Å². The smallest absolute Gasteiger partial charge is 0.407 e. The summed E-state index contributed by atoms with van der Waals surface area (Å²) in [5.41, 5.74) is 2.71. The molecule has 2 fully saturated rings. The van der Waals surface area contributed by atoms with Crippen LogP contribution in [-0.4, -0.2) is 173 Å². The lowest BCUT2D eigenvalue weighted by Crippen LogP contribution is -2.66. The van der Waals surface area contributed by atoms with Gasteiger partial charge in [-0.1, -0.05) is 101 Å². The van der Waals surface area contributed by atoms with Crippen LogP contribution >= 0.6 is 22.6 Å². The number of fused-ring (bicyclic) bond motifs is 1. The molecule has 7 amide bonds. The van der Waals surface area contributed by atoms with E-state index in [2.05, 4.69) is 87.9 Å². The Morgan fingerprint density at radius 2 is 1.72 bits per heavy atom. The Hall–Kier alpha value is -6.13. The third kappa shape index (κ3) is 19.0. The first-order valence-electron chi connectivity index (χ1n) is 28.0. The summed E-state index contributed by atoms with van der Waals surface area (Å²) in [4.78, 5) is 111. The molecular formula is C56H83IN12O12. The zero-order valence-corrected chi connectivity index (χ0v) is 49.8. The fraction of sp³-hybridized carbons (Fsp3) is 0.607. The van der Waals surface area contributed by atoms with Crippen LogP contribution in [0.2, 0.25) is 0 Å². The van der Waals surface area contributed by atoms with Crippen molar-refractivity contribution in [3.8, 4) is 0 Å². The molecule has 3 aromatic rings. The number of carbonyl (C=O) groups excluding carboxylic acids is 7. The highest BCUT2D eigenvalue weighted by atomic mass is 127. The highest BCUT2D eigenvalue weighted by molar-refractivity contribution is 14.1. The van der Waals surface area contributed by atoms with Crippen LogP contribution in [0.1, 0.15) is 124 Å². The zero-order chi connectivity index (χ0) is 59.4. The second kappa shape index (κ2) is 31.9. The Balaban J connectivity index is 0.958. The number of hydrogen-bond acceptors (Lipinski definition) is 17. The van der Waals surface area contributed by atoms with Gasteiger partial charge in [-0.2, -0.15) is 0 Å². The summed E-state index contributed by atoms with van der Waals surface area (Å²) >= 11 is 2.29. The zero-order valence-electron chi connectivity index (χ0n) is 47.6. The standard InChI is InChI=1S/C56H83IN12O12/c1-9-12-14-18-34(6)48-65-45-49(66-48)59-32-60-50(45)67-53-47(75)46(74)44(39(30-70)81-53)64-41(72)29-68(8)26-17-16-25-58-55(79)80-31-36-19-21-37(22-20-36)62-51(76)35(7)61-52(77)43(33(4)5)63-40(71)23-27-69-42(73)28-38(54(69)78)56(57,11-3)24-15-13-10-2/h13,15,19-22,32-33,35,38-39,43-44,46-47,53,70,74-75H,6,9-12,14,16-18,23-31H2,1-5,7-8H3,(H,58,79)(H,61,77)(H,62,76)(H,63,71)(H,64,72)(H2,59,60,65,66,67)/b15-13-/t35-,38?,39-,43-,44-,46+,47-,53-,56?/m0/s1. The maximum Gasteiger partial charge on any atom is 0.407 e. The highest BCUT2D eigenvalue weighted by Crippen LogP contribution is 2.42. The van der Waals surface area contributed by atoms with E-state index in [9.17, 15) is 48.9 Å². The number of aliphatic hydroxyl groups is 3. The van der Waals surface area contributed by atoms with E-state index in [1.165, 1.54) is 13.3 Å². The minimum absolute atomic E-state index is 0.0493. The average molecular weight is 1240 g/mol. The molecule has 9 atom stereocenters. The molecule has 2 aromatic heterocycles. The maximum atomic E-state index is 13.4. The van der Waals surface area contributed by atoms with Gasteiger partial charge in [-0.15, -0.1) is 0 Å². The maximum absolute atomic E-state index is 13.4. The lowest BCUT2D eigenvalue weighted by molar-refractivity contribution is -0.185. The highest BCUT2D eigenvalue weighted by Gasteiger charge is 2.49. The molecule has 0 spiro atoms. The number of nitrogens with zero attached hydrogens (tertiary/aromatic N) is 5. The first-order valence-corrected chi connectivity index (χ1v) is 29.0. The topological polar surface area (TPSA) is 332 Å². The van der Waals surface area contributed by atoms with Crippen molar-refractivity contribution >= 4 is 92.4 Å². The van der Waals surface area contributed by atoms with Gasteiger partial charge in [0, 0.05) is 35.0 Å². The van der Waals surface area contributed by atoms with Gasteiger partial charge in [-0.25, -0.2) is 19.7 Å². The van der Waals surface area contributed by atoms with E-state index in [-0.39, 0.29) is 56.1 Å². The molecule has 2 unspecified atom stereocenters. The van der Waals surface area contributed by atoms with Crippen LogP contribution < -0.4 is 31.9 Å². The molecule has 1 aromatic carbocycles. The van der Waals surface area contributed by atoms with Gasteiger partial charge in [0.25, 0.3) is 0 Å². The van der Waals surface area contributed by atoms with E-state index < -0.39 is 88.3 Å². The summed E-state index contributed by atoms with van der Waals surface area (Å²) < 4.78 is 10.9. The summed E-state index contributed by atoms with van der Waals surface area (Å²) in [6, 6.07) is 3.48. The number of amides is 7. The first-order chi connectivity index (χ1) is 38.6. The third-order valence-corrected chi connectivity index (χ3v) is 16.3. The van der Waals surface area contributed by atoms with Gasteiger partial charge in [-0.3, -0.25) is 38.6 Å². The number of likely N-dealkylation sites (tertiary alicyclic amines) is 1. The second-order valence-electron chi connectivity index (χ2n) is 21.1. The first kappa shape index (κ1) is 65.7. The van der Waals surface area contributed by atoms with E-state index in [4.69, 9.17) is 9.47 Å². The number of rotatable bonds is 32. The Labute approximate surface area is 487 Å². The van der Waals surface area contributed by atoms with Crippen molar-refractivity contribution in [2.75, 3.05) is 50.5 Å². The number of alkyl halides is 1. The fourth-order valence-corrected chi connectivity index (χ4v) is 10.2. The molecule has 24 nitrogen and oxygen atoms in total. The Bertz CT molecular complexity index is 2650. The van der Waals surface area contributed by atoms with Crippen molar-refractivity contribution < 1.29 is 58.4 Å². The van der Waals surface area contributed by atoms with Crippen LogP contribution in [0.4, 0.5) is 16.3 Å². The van der Waals surface area contributed by atoms with Gasteiger partial charge in [-0.05, 0) is 94.6 Å². The van der Waals surface area contributed by atoms with Gasteiger partial charge in [0.05, 0.1) is 25.1 Å². The number of imide groups is 1. The van der Waals surface area contributed by atoms with Gasteiger partial charge < -0.3 is 61.7 Å². The van der Waals surface area contributed by atoms with Gasteiger partial charge >= 0.3 is 6.09 Å². The SMILES string of the molecule is C=C(CCCCC)c1nc2ncnc(N[C@H]3O[C@@H](CO)[C@H](NC(=O)CN(C)CCCCNC(=O)OCc4ccc(NC(=O)[C@H](C)NC(=O)[C@@H](NC(=O)CCN5C(=O)CC(C(I)(CC)C/C=C\CC)C5=O)C(C)C)cc4)[C@@H](O)[C@@H]3O)c2[nH]1. The number of aromatic amines is 1. The molecule has 0 bridgehead atoms.